The van der Waals surface area contributed by atoms with Crippen LogP contribution < -0.4 is 10.2 Å². The van der Waals surface area contributed by atoms with Crippen molar-refractivity contribution in [1.29, 1.82) is 0 Å². The lowest BCUT2D eigenvalue weighted by atomic mass is 10.1. The molecule has 0 bridgehead atoms. The van der Waals surface area contributed by atoms with Crippen LogP contribution in [-0.4, -0.2) is 36.7 Å². The normalized spacial score (nSPS) is 15.0. The van der Waals surface area contributed by atoms with Crippen molar-refractivity contribution in [3.8, 4) is 0 Å². The molecule has 1 N–H and O–H groups in total. The third-order valence-corrected chi connectivity index (χ3v) is 6.57. The van der Waals surface area contributed by atoms with Crippen molar-refractivity contribution in [2.45, 2.75) is 19.8 Å². The summed E-state index contributed by atoms with van der Waals surface area (Å²) in [6, 6.07) is 20.8. The van der Waals surface area contributed by atoms with E-state index in [2.05, 4.69) is 28.2 Å². The molecule has 0 aliphatic carbocycles. The molecule has 8 heteroatoms. The second-order valence-corrected chi connectivity index (χ2v) is 9.41. The molecule has 1 atom stereocenters. The number of esters is 1. The van der Waals surface area contributed by atoms with Crippen LogP contribution in [0.25, 0.3) is 0 Å². The largest absolute Gasteiger partial charge is 0.454 e. The third kappa shape index (κ3) is 6.07. The SMILES string of the molecule is CCc1ccc(N2C[C@H](C(=O)Nc3ccc(C(=O)OCC(=O)c4ccc(Br)cc4)cc3)CC2=O)cc1. The number of halogens is 1. The highest BCUT2D eigenvalue weighted by Gasteiger charge is 2.35. The zero-order valence-electron chi connectivity index (χ0n) is 19.7. The Morgan fingerprint density at radius 1 is 0.944 bits per heavy atom. The molecule has 0 unspecified atom stereocenters. The molecule has 1 saturated heterocycles. The van der Waals surface area contributed by atoms with Crippen molar-refractivity contribution in [2.75, 3.05) is 23.4 Å². The van der Waals surface area contributed by atoms with Gasteiger partial charge in [-0.25, -0.2) is 4.79 Å². The molecule has 1 aliphatic heterocycles. The number of amides is 2. The topological polar surface area (TPSA) is 92.8 Å². The zero-order valence-corrected chi connectivity index (χ0v) is 21.3. The molecule has 184 valence electrons. The fourth-order valence-electron chi connectivity index (χ4n) is 3.91. The third-order valence-electron chi connectivity index (χ3n) is 6.04. The van der Waals surface area contributed by atoms with E-state index < -0.39 is 11.9 Å². The molecule has 7 nitrogen and oxygen atoms in total. The van der Waals surface area contributed by atoms with Gasteiger partial charge in [0.1, 0.15) is 0 Å². The Hall–Kier alpha value is -3.78. The Balaban J connectivity index is 1.29. The monoisotopic (exact) mass is 548 g/mol. The lowest BCUT2D eigenvalue weighted by Gasteiger charge is -2.17. The van der Waals surface area contributed by atoms with Gasteiger partial charge in [-0.2, -0.15) is 0 Å². The van der Waals surface area contributed by atoms with Gasteiger partial charge < -0.3 is 15.0 Å². The molecule has 0 radical (unpaired) electrons. The van der Waals surface area contributed by atoms with Crippen LogP contribution in [0.4, 0.5) is 11.4 Å². The number of carbonyl (C=O) groups is 4. The Bertz CT molecular complexity index is 1270. The molecule has 0 saturated carbocycles. The minimum Gasteiger partial charge on any atom is -0.454 e. The minimum atomic E-state index is -0.635. The number of ketones is 1. The van der Waals surface area contributed by atoms with Gasteiger partial charge in [0, 0.05) is 34.4 Å². The standard InChI is InChI=1S/C28H25BrN2O5/c1-2-18-3-13-24(14-4-18)31-16-21(15-26(31)33)27(34)30-23-11-7-20(8-12-23)28(35)36-17-25(32)19-5-9-22(29)10-6-19/h3-14,21H,2,15-17H2,1H3,(H,30,34)/t21-/m1/s1. The maximum Gasteiger partial charge on any atom is 0.338 e. The Labute approximate surface area is 217 Å². The summed E-state index contributed by atoms with van der Waals surface area (Å²) in [4.78, 5) is 51.4. The predicted octanol–water partition coefficient (Wildman–Crippen LogP) is 5.04. The molecule has 1 fully saturated rings. The Kier molecular flexibility index (Phi) is 7.95. The minimum absolute atomic E-state index is 0.0878. The van der Waals surface area contributed by atoms with Crippen LogP contribution in [0.5, 0.6) is 0 Å². The number of nitrogens with one attached hydrogen (secondary N) is 1. The van der Waals surface area contributed by atoms with Gasteiger partial charge in [-0.15, -0.1) is 0 Å². The molecular formula is C28H25BrN2O5. The van der Waals surface area contributed by atoms with E-state index in [1.165, 1.54) is 17.7 Å². The van der Waals surface area contributed by atoms with Gasteiger partial charge in [-0.05, 0) is 60.5 Å². The molecule has 0 spiro atoms. The summed E-state index contributed by atoms with van der Waals surface area (Å²) in [6.07, 6.45) is 1.05. The summed E-state index contributed by atoms with van der Waals surface area (Å²) in [6.45, 7) is 2.01. The van der Waals surface area contributed by atoms with Crippen LogP contribution in [-0.2, 0) is 20.7 Å². The summed E-state index contributed by atoms with van der Waals surface area (Å²) in [5, 5.41) is 2.81. The average Bonchev–Trinajstić information content (AvgIpc) is 3.29. The first-order chi connectivity index (χ1) is 17.3. The summed E-state index contributed by atoms with van der Waals surface area (Å²) >= 11 is 3.31. The lowest BCUT2D eigenvalue weighted by Crippen LogP contribution is -2.28. The van der Waals surface area contributed by atoms with E-state index in [1.54, 1.807) is 41.3 Å². The molecule has 1 heterocycles. The number of aryl methyl sites for hydroxylation is 1. The molecule has 36 heavy (non-hydrogen) atoms. The smallest absolute Gasteiger partial charge is 0.338 e. The van der Waals surface area contributed by atoms with Gasteiger partial charge in [0.2, 0.25) is 11.8 Å². The number of nitrogens with zero attached hydrogens (tertiary/aromatic N) is 1. The van der Waals surface area contributed by atoms with E-state index in [0.717, 1.165) is 16.6 Å². The molecule has 4 rings (SSSR count). The van der Waals surface area contributed by atoms with Gasteiger partial charge in [0.05, 0.1) is 11.5 Å². The van der Waals surface area contributed by atoms with Crippen molar-refractivity contribution in [3.63, 3.8) is 0 Å². The Morgan fingerprint density at radius 3 is 2.22 bits per heavy atom. The van der Waals surface area contributed by atoms with Crippen LogP contribution in [0.15, 0.2) is 77.3 Å². The quantitative estimate of drug-likeness (QED) is 0.314. The number of anilines is 2. The van der Waals surface area contributed by atoms with Crippen molar-refractivity contribution in [2.24, 2.45) is 5.92 Å². The number of benzene rings is 3. The van der Waals surface area contributed by atoms with Crippen LogP contribution in [0.2, 0.25) is 0 Å². The highest BCUT2D eigenvalue weighted by Crippen LogP contribution is 2.26. The van der Waals surface area contributed by atoms with Gasteiger partial charge in [0.15, 0.2) is 12.4 Å². The number of Topliss-reactive ketones (excluding diaryl/α,β-unsaturated/α-hetero) is 1. The molecule has 2 amide bonds. The molecule has 3 aromatic rings. The van der Waals surface area contributed by atoms with Crippen molar-refractivity contribution in [3.05, 3.63) is 94.0 Å². The molecular weight excluding hydrogens is 524 g/mol. The van der Waals surface area contributed by atoms with Crippen LogP contribution >= 0.6 is 15.9 Å². The Morgan fingerprint density at radius 2 is 1.58 bits per heavy atom. The highest BCUT2D eigenvalue weighted by molar-refractivity contribution is 9.10. The predicted molar refractivity (Wildman–Crippen MR) is 140 cm³/mol. The second kappa shape index (κ2) is 11.3. The summed E-state index contributed by atoms with van der Waals surface area (Å²) < 4.78 is 5.98. The second-order valence-electron chi connectivity index (χ2n) is 8.50. The molecule has 1 aliphatic rings. The number of hydrogen-bond acceptors (Lipinski definition) is 5. The lowest BCUT2D eigenvalue weighted by molar-refractivity contribution is -0.122. The number of hydrogen-bond donors (Lipinski definition) is 1. The first kappa shape index (κ1) is 25.3. The first-order valence-corrected chi connectivity index (χ1v) is 12.4. The average molecular weight is 549 g/mol. The number of carbonyl (C=O) groups excluding carboxylic acids is 4. The van der Waals surface area contributed by atoms with Gasteiger partial charge in [-0.1, -0.05) is 47.1 Å². The first-order valence-electron chi connectivity index (χ1n) is 11.6. The molecule has 0 aromatic heterocycles. The van der Waals surface area contributed by atoms with Crippen LogP contribution in [0, 0.1) is 5.92 Å². The van der Waals surface area contributed by atoms with E-state index in [-0.39, 0.29) is 36.2 Å². The zero-order chi connectivity index (χ0) is 25.7. The van der Waals surface area contributed by atoms with E-state index >= 15 is 0 Å². The fraction of sp³-hybridized carbons (Fsp3) is 0.214. The van der Waals surface area contributed by atoms with E-state index in [0.29, 0.717) is 17.8 Å². The molecule has 3 aromatic carbocycles. The van der Waals surface area contributed by atoms with Gasteiger partial charge in [-0.3, -0.25) is 14.4 Å². The van der Waals surface area contributed by atoms with Crippen LogP contribution in [0.1, 0.15) is 39.6 Å². The van der Waals surface area contributed by atoms with E-state index in [9.17, 15) is 19.2 Å². The van der Waals surface area contributed by atoms with E-state index in [4.69, 9.17) is 4.74 Å². The summed E-state index contributed by atoms with van der Waals surface area (Å²) in [5.74, 6) is -1.76. The summed E-state index contributed by atoms with van der Waals surface area (Å²) in [5.41, 5.74) is 3.18. The van der Waals surface area contributed by atoms with E-state index in [1.807, 2.05) is 24.3 Å². The summed E-state index contributed by atoms with van der Waals surface area (Å²) in [7, 11) is 0. The van der Waals surface area contributed by atoms with Crippen LogP contribution in [0.3, 0.4) is 0 Å². The highest BCUT2D eigenvalue weighted by atomic mass is 79.9. The van der Waals surface area contributed by atoms with Gasteiger partial charge in [0.25, 0.3) is 0 Å². The number of rotatable bonds is 8. The van der Waals surface area contributed by atoms with Crippen molar-refractivity contribution in [1.82, 2.24) is 0 Å². The van der Waals surface area contributed by atoms with Crippen molar-refractivity contribution < 1.29 is 23.9 Å². The van der Waals surface area contributed by atoms with Gasteiger partial charge >= 0.3 is 5.97 Å². The van der Waals surface area contributed by atoms with Crippen molar-refractivity contribution >= 4 is 50.9 Å². The number of ether oxygens (including phenoxy) is 1. The maximum atomic E-state index is 12.8. The maximum absolute atomic E-state index is 12.8. The fourth-order valence-corrected chi connectivity index (χ4v) is 4.18.